The molecule has 42 heavy (non-hydrogen) atoms. The molecule has 0 aliphatic rings. The molecule has 250 valence electrons. The quantitative estimate of drug-likeness (QED) is 0.0581. The molecule has 1 unspecified atom stereocenters. The third-order valence-corrected chi connectivity index (χ3v) is 9.34. The van der Waals surface area contributed by atoms with Crippen LogP contribution in [0.5, 0.6) is 0 Å². The molecule has 1 N–H and O–H groups in total. The number of amides is 1. The van der Waals surface area contributed by atoms with E-state index in [1.807, 2.05) is 0 Å². The Balaban J connectivity index is 3.37. The van der Waals surface area contributed by atoms with E-state index in [-0.39, 0.29) is 17.9 Å². The smallest absolute Gasteiger partial charge is 0.306 e. The van der Waals surface area contributed by atoms with Crippen molar-refractivity contribution in [3.05, 3.63) is 0 Å². The Labute approximate surface area is 267 Å². The average Bonchev–Trinajstić information content (AvgIpc) is 2.97. The molecule has 5 heteroatoms. The number of unbranched alkanes of at least 4 members (excludes halogenated alkanes) is 23. The van der Waals surface area contributed by atoms with E-state index in [2.05, 4.69) is 26.1 Å². The van der Waals surface area contributed by atoms with E-state index in [4.69, 9.17) is 4.74 Å². The van der Waals surface area contributed by atoms with Gasteiger partial charge >= 0.3 is 5.97 Å². The third-order valence-electron chi connectivity index (χ3n) is 8.32. The van der Waals surface area contributed by atoms with Crippen molar-refractivity contribution < 1.29 is 14.3 Å². The normalized spacial score (nSPS) is 12.0. The third kappa shape index (κ3) is 33.8. The summed E-state index contributed by atoms with van der Waals surface area (Å²) in [6.45, 7) is 7.20. The van der Waals surface area contributed by atoms with Crippen LogP contribution in [0, 0.1) is 0 Å². The van der Waals surface area contributed by atoms with Gasteiger partial charge in [0.05, 0.1) is 13.0 Å². The molecule has 0 heterocycles. The van der Waals surface area contributed by atoms with Gasteiger partial charge in [0.1, 0.15) is 0 Å². The van der Waals surface area contributed by atoms with Crippen LogP contribution >= 0.6 is 11.8 Å². The Hall–Kier alpha value is -0.710. The minimum absolute atomic E-state index is 0.0664. The molecule has 0 aromatic carbocycles. The highest BCUT2D eigenvalue weighted by Gasteiger charge is 2.08. The van der Waals surface area contributed by atoms with Gasteiger partial charge in [0.15, 0.2) is 0 Å². The molecular formula is C37H73NO3S. The number of hydrogen-bond acceptors (Lipinski definition) is 4. The summed E-state index contributed by atoms with van der Waals surface area (Å²) >= 11 is 1.78. The zero-order chi connectivity index (χ0) is 30.8. The lowest BCUT2D eigenvalue weighted by Crippen LogP contribution is -2.32. The summed E-state index contributed by atoms with van der Waals surface area (Å²) in [6, 6.07) is 0.199. The van der Waals surface area contributed by atoms with Gasteiger partial charge in [-0.2, -0.15) is 11.8 Å². The molecule has 0 radical (unpaired) electrons. The number of nitrogens with one attached hydrogen (secondary N) is 1. The van der Waals surface area contributed by atoms with E-state index in [1.165, 1.54) is 148 Å². The van der Waals surface area contributed by atoms with Gasteiger partial charge in [-0.15, -0.1) is 0 Å². The molecule has 0 aromatic heterocycles. The van der Waals surface area contributed by atoms with E-state index in [0.29, 0.717) is 19.4 Å². The maximum atomic E-state index is 12.2. The highest BCUT2D eigenvalue weighted by Crippen LogP contribution is 2.14. The molecule has 1 atom stereocenters. The fourth-order valence-electron chi connectivity index (χ4n) is 5.44. The molecule has 4 nitrogen and oxygen atoms in total. The summed E-state index contributed by atoms with van der Waals surface area (Å²) in [5.74, 6) is 1.89. The van der Waals surface area contributed by atoms with E-state index < -0.39 is 0 Å². The van der Waals surface area contributed by atoms with Crippen molar-refractivity contribution in [3.8, 4) is 0 Å². The van der Waals surface area contributed by atoms with Gasteiger partial charge in [0, 0.05) is 18.2 Å². The van der Waals surface area contributed by atoms with Gasteiger partial charge < -0.3 is 10.1 Å². The summed E-state index contributed by atoms with van der Waals surface area (Å²) in [4.78, 5) is 24.2. The van der Waals surface area contributed by atoms with Crippen LogP contribution in [-0.4, -0.2) is 36.0 Å². The van der Waals surface area contributed by atoms with Crippen molar-refractivity contribution in [2.45, 2.75) is 207 Å². The SMILES string of the molecule is CCCCCCCCCCCCCCCCCC(=O)NC(C)CCSCCC(=O)OCCCCCCCCCCCC. The summed E-state index contributed by atoms with van der Waals surface area (Å²) < 4.78 is 5.39. The van der Waals surface area contributed by atoms with Gasteiger partial charge in [-0.05, 0) is 31.9 Å². The number of ether oxygens (including phenoxy) is 1. The van der Waals surface area contributed by atoms with Crippen molar-refractivity contribution in [3.63, 3.8) is 0 Å². The minimum atomic E-state index is -0.0664. The maximum Gasteiger partial charge on any atom is 0.306 e. The zero-order valence-corrected chi connectivity index (χ0v) is 29.4. The highest BCUT2D eigenvalue weighted by atomic mass is 32.2. The van der Waals surface area contributed by atoms with Crippen molar-refractivity contribution in [1.82, 2.24) is 5.32 Å². The van der Waals surface area contributed by atoms with Crippen LogP contribution in [-0.2, 0) is 14.3 Å². The van der Waals surface area contributed by atoms with Gasteiger partial charge in [-0.1, -0.05) is 162 Å². The monoisotopic (exact) mass is 612 g/mol. The lowest BCUT2D eigenvalue weighted by molar-refractivity contribution is -0.143. The van der Waals surface area contributed by atoms with Crippen LogP contribution in [0.4, 0.5) is 0 Å². The average molecular weight is 612 g/mol. The molecule has 0 aliphatic heterocycles. The number of carbonyl (C=O) groups excluding carboxylic acids is 2. The van der Waals surface area contributed by atoms with Crippen molar-refractivity contribution >= 4 is 23.6 Å². The Morgan fingerprint density at radius 3 is 1.40 bits per heavy atom. The topological polar surface area (TPSA) is 55.4 Å². The Bertz CT molecular complexity index is 571. The minimum Gasteiger partial charge on any atom is -0.466 e. The molecule has 0 aliphatic carbocycles. The first-order valence-corrected chi connectivity index (χ1v) is 19.8. The van der Waals surface area contributed by atoms with Gasteiger partial charge in [-0.25, -0.2) is 0 Å². The Morgan fingerprint density at radius 1 is 0.548 bits per heavy atom. The van der Waals surface area contributed by atoms with E-state index in [1.54, 1.807) is 11.8 Å². The maximum absolute atomic E-state index is 12.2. The van der Waals surface area contributed by atoms with Gasteiger partial charge in [0.25, 0.3) is 0 Å². The number of thioether (sulfide) groups is 1. The second kappa shape index (κ2) is 34.8. The number of esters is 1. The fraction of sp³-hybridized carbons (Fsp3) is 0.946. The predicted molar refractivity (Wildman–Crippen MR) is 187 cm³/mol. The summed E-state index contributed by atoms with van der Waals surface area (Å²) in [6.07, 6.45) is 35.2. The first kappa shape index (κ1) is 41.3. The molecule has 0 saturated carbocycles. The van der Waals surface area contributed by atoms with Crippen molar-refractivity contribution in [2.24, 2.45) is 0 Å². The van der Waals surface area contributed by atoms with E-state index in [9.17, 15) is 9.59 Å². The van der Waals surface area contributed by atoms with Crippen molar-refractivity contribution in [2.75, 3.05) is 18.1 Å². The van der Waals surface area contributed by atoms with Crippen molar-refractivity contribution in [1.29, 1.82) is 0 Å². The van der Waals surface area contributed by atoms with Gasteiger partial charge in [-0.3, -0.25) is 9.59 Å². The van der Waals surface area contributed by atoms with Crippen LogP contribution in [0.25, 0.3) is 0 Å². The second-order valence-corrected chi connectivity index (χ2v) is 13.9. The predicted octanol–water partition coefficient (Wildman–Crippen LogP) is 11.7. The fourth-order valence-corrected chi connectivity index (χ4v) is 6.48. The lowest BCUT2D eigenvalue weighted by atomic mass is 10.0. The van der Waals surface area contributed by atoms with Crippen LogP contribution < -0.4 is 5.32 Å². The Morgan fingerprint density at radius 2 is 0.952 bits per heavy atom. The summed E-state index contributed by atoms with van der Waals surface area (Å²) in [5, 5.41) is 3.15. The molecular weight excluding hydrogens is 538 g/mol. The molecule has 0 bridgehead atoms. The molecule has 1 amide bonds. The van der Waals surface area contributed by atoms with Crippen LogP contribution in [0.3, 0.4) is 0 Å². The molecule has 0 rings (SSSR count). The summed E-state index contributed by atoms with van der Waals surface area (Å²) in [7, 11) is 0. The van der Waals surface area contributed by atoms with Crippen LogP contribution in [0.2, 0.25) is 0 Å². The molecule has 0 saturated heterocycles. The zero-order valence-electron chi connectivity index (χ0n) is 28.6. The first-order valence-electron chi connectivity index (χ1n) is 18.6. The Kier molecular flexibility index (Phi) is 34.2. The number of hydrogen-bond donors (Lipinski definition) is 1. The molecule has 0 aromatic rings. The summed E-state index contributed by atoms with van der Waals surface area (Å²) in [5.41, 5.74) is 0. The number of rotatable bonds is 34. The van der Waals surface area contributed by atoms with E-state index >= 15 is 0 Å². The molecule has 0 fully saturated rings. The largest absolute Gasteiger partial charge is 0.466 e. The second-order valence-electron chi connectivity index (χ2n) is 12.7. The standard InChI is InChI=1S/C37H73NO3S/c1-4-6-8-10-12-14-16-17-18-19-20-21-23-25-27-29-36(39)38-35(3)30-33-42-34-31-37(40)41-32-28-26-24-22-15-13-11-9-7-5-2/h35H,4-34H2,1-3H3,(H,38,39). The lowest BCUT2D eigenvalue weighted by Gasteiger charge is -2.13. The highest BCUT2D eigenvalue weighted by molar-refractivity contribution is 7.99. The van der Waals surface area contributed by atoms with Gasteiger partial charge in [0.2, 0.25) is 5.91 Å². The van der Waals surface area contributed by atoms with E-state index in [0.717, 1.165) is 30.8 Å². The number of carbonyl (C=O) groups is 2. The molecule has 0 spiro atoms. The van der Waals surface area contributed by atoms with Crippen LogP contribution in [0.1, 0.15) is 201 Å². The van der Waals surface area contributed by atoms with Crippen LogP contribution in [0.15, 0.2) is 0 Å². The first-order chi connectivity index (χ1) is 20.6.